The molecule has 0 atom stereocenters. The van der Waals surface area contributed by atoms with E-state index < -0.39 is 0 Å². The van der Waals surface area contributed by atoms with Crippen LogP contribution in [0.25, 0.3) is 10.8 Å². The summed E-state index contributed by atoms with van der Waals surface area (Å²) in [5, 5.41) is 15.9. The molecule has 0 spiro atoms. The molecule has 0 aliphatic rings. The van der Waals surface area contributed by atoms with Gasteiger partial charge in [0.25, 0.3) is 5.91 Å². The third-order valence-electron chi connectivity index (χ3n) is 4.44. The molecule has 4 aromatic rings. The van der Waals surface area contributed by atoms with Crippen molar-refractivity contribution in [1.82, 2.24) is 10.2 Å². The van der Waals surface area contributed by atoms with Crippen LogP contribution in [0, 0.1) is 0 Å². The Labute approximate surface area is 198 Å². The highest BCUT2D eigenvalue weighted by molar-refractivity contribution is 8.01. The molecule has 0 aliphatic heterocycles. The number of hydrogen-bond acceptors (Lipinski definition) is 8. The predicted octanol–water partition coefficient (Wildman–Crippen LogP) is 4.45. The molecular formula is C23H20N4O4S2. The highest BCUT2D eigenvalue weighted by atomic mass is 32.2. The molecule has 33 heavy (non-hydrogen) atoms. The van der Waals surface area contributed by atoms with Crippen LogP contribution < -0.4 is 20.1 Å². The lowest BCUT2D eigenvalue weighted by atomic mass is 10.1. The van der Waals surface area contributed by atoms with E-state index in [1.54, 1.807) is 31.4 Å². The molecule has 0 radical (unpaired) electrons. The Kier molecular flexibility index (Phi) is 7.38. The van der Waals surface area contributed by atoms with Crippen LogP contribution in [0.3, 0.4) is 0 Å². The molecule has 0 bridgehead atoms. The van der Waals surface area contributed by atoms with Crippen LogP contribution >= 0.6 is 23.1 Å². The zero-order valence-electron chi connectivity index (χ0n) is 17.6. The van der Waals surface area contributed by atoms with Crippen LogP contribution in [0.2, 0.25) is 0 Å². The summed E-state index contributed by atoms with van der Waals surface area (Å²) in [7, 11) is 1.58. The van der Waals surface area contributed by atoms with Gasteiger partial charge in [0.1, 0.15) is 11.5 Å². The summed E-state index contributed by atoms with van der Waals surface area (Å²) >= 11 is 2.43. The van der Waals surface area contributed by atoms with Gasteiger partial charge in [-0.3, -0.25) is 14.9 Å². The molecule has 8 nitrogen and oxygen atoms in total. The van der Waals surface area contributed by atoms with Gasteiger partial charge in [-0.1, -0.05) is 53.4 Å². The Morgan fingerprint density at radius 2 is 1.67 bits per heavy atom. The topological polar surface area (TPSA) is 102 Å². The maximum atomic E-state index is 12.2. The van der Waals surface area contributed by atoms with Crippen molar-refractivity contribution in [3.05, 3.63) is 66.7 Å². The van der Waals surface area contributed by atoms with Crippen molar-refractivity contribution >= 4 is 56.5 Å². The predicted molar refractivity (Wildman–Crippen MR) is 130 cm³/mol. The first-order valence-corrected chi connectivity index (χ1v) is 11.7. The zero-order chi connectivity index (χ0) is 23.0. The van der Waals surface area contributed by atoms with E-state index in [0.717, 1.165) is 10.8 Å². The van der Waals surface area contributed by atoms with E-state index in [4.69, 9.17) is 9.47 Å². The second-order valence-corrected chi connectivity index (χ2v) is 8.98. The second-order valence-electron chi connectivity index (χ2n) is 6.78. The number of nitrogens with zero attached hydrogens (tertiary/aromatic N) is 2. The van der Waals surface area contributed by atoms with Gasteiger partial charge in [-0.25, -0.2) is 0 Å². The number of methoxy groups -OCH3 is 1. The van der Waals surface area contributed by atoms with Crippen LogP contribution in [0.5, 0.6) is 11.5 Å². The van der Waals surface area contributed by atoms with Crippen molar-refractivity contribution in [2.75, 3.05) is 30.1 Å². The number of anilines is 2. The number of thioether (sulfide) groups is 1. The number of fused-ring (bicyclic) bond motifs is 1. The Hall–Kier alpha value is -3.63. The summed E-state index contributed by atoms with van der Waals surface area (Å²) in [5.74, 6) is 0.983. The van der Waals surface area contributed by atoms with E-state index in [1.165, 1.54) is 23.1 Å². The molecule has 1 aromatic heterocycles. The van der Waals surface area contributed by atoms with Gasteiger partial charge in [0.05, 0.1) is 12.9 Å². The summed E-state index contributed by atoms with van der Waals surface area (Å²) in [6.45, 7) is -0.148. The van der Waals surface area contributed by atoms with Crippen LogP contribution in [0.4, 0.5) is 10.8 Å². The number of rotatable bonds is 9. The van der Waals surface area contributed by atoms with Gasteiger partial charge in [0, 0.05) is 5.69 Å². The minimum absolute atomic E-state index is 0.148. The number of aromatic nitrogens is 2. The minimum atomic E-state index is -0.340. The molecule has 0 saturated heterocycles. The van der Waals surface area contributed by atoms with Gasteiger partial charge >= 0.3 is 0 Å². The molecule has 2 N–H and O–H groups in total. The van der Waals surface area contributed by atoms with Crippen LogP contribution in [-0.4, -0.2) is 41.5 Å². The molecule has 1 heterocycles. The van der Waals surface area contributed by atoms with Crippen molar-refractivity contribution in [2.24, 2.45) is 0 Å². The summed E-state index contributed by atoms with van der Waals surface area (Å²) in [5.41, 5.74) is 0.679. The maximum Gasteiger partial charge on any atom is 0.264 e. The van der Waals surface area contributed by atoms with E-state index in [0.29, 0.717) is 26.7 Å². The highest BCUT2D eigenvalue weighted by Crippen LogP contribution is 2.26. The standard InChI is InChI=1S/C23H20N4O4S2/c1-30-18-10-7-17(8-11-18)24-21(29)14-32-23-27-26-22(33-23)25-20(28)13-31-19-9-6-15-4-2-3-5-16(15)12-19/h2-12H,13-14H2,1H3,(H,24,29)(H,25,26,28). The first kappa shape index (κ1) is 22.6. The Bertz CT molecular complexity index is 1260. The smallest absolute Gasteiger partial charge is 0.264 e. The van der Waals surface area contributed by atoms with Gasteiger partial charge in [0.2, 0.25) is 11.0 Å². The van der Waals surface area contributed by atoms with E-state index in [2.05, 4.69) is 20.8 Å². The third kappa shape index (κ3) is 6.43. The first-order valence-electron chi connectivity index (χ1n) is 9.91. The number of ether oxygens (including phenoxy) is 2. The van der Waals surface area contributed by atoms with Crippen molar-refractivity contribution < 1.29 is 19.1 Å². The number of carbonyl (C=O) groups is 2. The van der Waals surface area contributed by atoms with Crippen molar-refractivity contribution in [1.29, 1.82) is 0 Å². The summed E-state index contributed by atoms with van der Waals surface area (Å²) < 4.78 is 11.3. The number of carbonyl (C=O) groups excluding carboxylic acids is 2. The minimum Gasteiger partial charge on any atom is -0.497 e. The Balaban J connectivity index is 1.22. The maximum absolute atomic E-state index is 12.2. The fourth-order valence-electron chi connectivity index (χ4n) is 2.88. The van der Waals surface area contributed by atoms with Crippen molar-refractivity contribution in [2.45, 2.75) is 4.34 Å². The molecule has 0 unspecified atom stereocenters. The van der Waals surface area contributed by atoms with E-state index in [1.807, 2.05) is 42.5 Å². The van der Waals surface area contributed by atoms with Gasteiger partial charge in [0.15, 0.2) is 10.9 Å². The summed E-state index contributed by atoms with van der Waals surface area (Å²) in [4.78, 5) is 24.3. The number of nitrogens with one attached hydrogen (secondary N) is 2. The largest absolute Gasteiger partial charge is 0.497 e. The third-order valence-corrected chi connectivity index (χ3v) is 6.42. The summed E-state index contributed by atoms with van der Waals surface area (Å²) in [6, 6.07) is 20.6. The number of hydrogen-bond donors (Lipinski definition) is 2. The average molecular weight is 481 g/mol. The molecule has 0 fully saturated rings. The SMILES string of the molecule is COc1ccc(NC(=O)CSc2nnc(NC(=O)COc3ccc4ccccc4c3)s2)cc1. The molecule has 10 heteroatoms. The Morgan fingerprint density at radius 1 is 0.909 bits per heavy atom. The van der Waals surface area contributed by atoms with E-state index >= 15 is 0 Å². The first-order chi connectivity index (χ1) is 16.1. The Morgan fingerprint density at radius 3 is 2.45 bits per heavy atom. The number of amides is 2. The zero-order valence-corrected chi connectivity index (χ0v) is 19.2. The fraction of sp³-hybridized carbons (Fsp3) is 0.130. The lowest BCUT2D eigenvalue weighted by molar-refractivity contribution is -0.118. The monoisotopic (exact) mass is 480 g/mol. The highest BCUT2D eigenvalue weighted by Gasteiger charge is 2.11. The van der Waals surface area contributed by atoms with E-state index in [9.17, 15) is 9.59 Å². The average Bonchev–Trinajstić information content (AvgIpc) is 3.29. The summed E-state index contributed by atoms with van der Waals surface area (Å²) in [6.07, 6.45) is 0. The molecule has 0 saturated carbocycles. The van der Waals surface area contributed by atoms with Gasteiger partial charge in [-0.05, 0) is 47.2 Å². The normalized spacial score (nSPS) is 10.6. The molecule has 2 amide bonds. The molecule has 0 aliphatic carbocycles. The molecular weight excluding hydrogens is 460 g/mol. The van der Waals surface area contributed by atoms with Crippen molar-refractivity contribution in [3.63, 3.8) is 0 Å². The van der Waals surface area contributed by atoms with Crippen LogP contribution in [0.1, 0.15) is 0 Å². The quantitative estimate of drug-likeness (QED) is 0.270. The van der Waals surface area contributed by atoms with Gasteiger partial charge in [-0.2, -0.15) is 0 Å². The molecule has 4 rings (SSSR count). The lowest BCUT2D eigenvalue weighted by Gasteiger charge is -2.06. The molecule has 3 aromatic carbocycles. The van der Waals surface area contributed by atoms with Crippen LogP contribution in [0.15, 0.2) is 71.1 Å². The van der Waals surface area contributed by atoms with Crippen molar-refractivity contribution in [3.8, 4) is 11.5 Å². The fourth-order valence-corrected chi connectivity index (χ4v) is 4.45. The second kappa shape index (κ2) is 10.8. The van der Waals surface area contributed by atoms with Gasteiger partial charge in [-0.15, -0.1) is 10.2 Å². The van der Waals surface area contributed by atoms with E-state index in [-0.39, 0.29) is 24.2 Å². The number of benzene rings is 3. The van der Waals surface area contributed by atoms with Gasteiger partial charge < -0.3 is 14.8 Å². The molecule has 168 valence electrons. The lowest BCUT2D eigenvalue weighted by Crippen LogP contribution is -2.20. The van der Waals surface area contributed by atoms with Crippen LogP contribution in [-0.2, 0) is 9.59 Å².